The van der Waals surface area contributed by atoms with Crippen LogP contribution in [0.1, 0.15) is 12.5 Å². The summed E-state index contributed by atoms with van der Waals surface area (Å²) in [6.45, 7) is 2.11. The van der Waals surface area contributed by atoms with Gasteiger partial charge in [0.1, 0.15) is 4.99 Å². The highest BCUT2D eigenvalue weighted by molar-refractivity contribution is 9.11. The van der Waals surface area contributed by atoms with Crippen LogP contribution < -0.4 is 11.1 Å². The van der Waals surface area contributed by atoms with Gasteiger partial charge in [0.25, 0.3) is 0 Å². The summed E-state index contributed by atoms with van der Waals surface area (Å²) in [6, 6.07) is 12.0. The first-order chi connectivity index (χ1) is 10.0. The number of rotatable bonds is 5. The van der Waals surface area contributed by atoms with Gasteiger partial charge in [0, 0.05) is 25.1 Å². The van der Waals surface area contributed by atoms with E-state index in [0.717, 1.165) is 36.5 Å². The van der Waals surface area contributed by atoms with Crippen LogP contribution in [0.3, 0.4) is 0 Å². The molecule has 6 heteroatoms. The van der Waals surface area contributed by atoms with E-state index >= 15 is 0 Å². The second-order valence-corrected chi connectivity index (χ2v) is 7.65. The Kier molecular flexibility index (Phi) is 6.10. The van der Waals surface area contributed by atoms with Crippen molar-refractivity contribution in [3.8, 4) is 0 Å². The molecule has 0 heterocycles. The zero-order valence-corrected chi connectivity index (χ0v) is 16.1. The van der Waals surface area contributed by atoms with Gasteiger partial charge in [0.05, 0.1) is 5.69 Å². The smallest absolute Gasteiger partial charge is 0.107 e. The van der Waals surface area contributed by atoms with Gasteiger partial charge in [0.2, 0.25) is 0 Å². The molecule has 2 aromatic rings. The maximum absolute atomic E-state index is 5.93. The number of anilines is 2. The van der Waals surface area contributed by atoms with E-state index in [-0.39, 0.29) is 0 Å². The van der Waals surface area contributed by atoms with Gasteiger partial charge in [-0.1, -0.05) is 31.3 Å². The van der Waals surface area contributed by atoms with Crippen molar-refractivity contribution >= 4 is 72.2 Å². The highest BCUT2D eigenvalue weighted by atomic mass is 79.9. The van der Waals surface area contributed by atoms with Crippen LogP contribution in [-0.4, -0.2) is 10.7 Å². The number of nitrogens with one attached hydrogen (secondary N) is 1. The minimum atomic E-state index is 0.400. The van der Waals surface area contributed by atoms with E-state index in [0.29, 0.717) is 4.99 Å². The van der Waals surface area contributed by atoms with Crippen molar-refractivity contribution in [2.45, 2.75) is 11.8 Å². The second-order valence-electron chi connectivity index (χ2n) is 4.20. The first-order valence-corrected chi connectivity index (χ1v) is 9.29. The number of hydrogen-bond acceptors (Lipinski definition) is 3. The fourth-order valence-corrected chi connectivity index (χ4v) is 4.25. The predicted molar refractivity (Wildman–Crippen MR) is 104 cm³/mol. The first-order valence-electron chi connectivity index (χ1n) is 6.31. The van der Waals surface area contributed by atoms with E-state index in [9.17, 15) is 0 Å². The molecule has 0 radical (unpaired) electrons. The molecule has 0 bridgehead atoms. The largest absolute Gasteiger partial charge is 0.389 e. The second kappa shape index (κ2) is 7.63. The summed E-state index contributed by atoms with van der Waals surface area (Å²) in [5, 5.41) is 3.41. The normalized spacial score (nSPS) is 10.4. The zero-order valence-electron chi connectivity index (χ0n) is 11.3. The minimum absolute atomic E-state index is 0.400. The molecule has 2 rings (SSSR count). The van der Waals surface area contributed by atoms with Crippen LogP contribution in [0.25, 0.3) is 0 Å². The lowest BCUT2D eigenvalue weighted by molar-refractivity contribution is 1.37. The molecule has 3 N–H and O–H groups in total. The molecule has 0 aliphatic carbocycles. The van der Waals surface area contributed by atoms with Gasteiger partial charge in [-0.3, -0.25) is 0 Å². The average Bonchev–Trinajstić information content (AvgIpc) is 2.43. The molecule has 0 aliphatic heterocycles. The fraction of sp³-hybridized carbons (Fsp3) is 0.133. The van der Waals surface area contributed by atoms with Gasteiger partial charge in [-0.25, -0.2) is 0 Å². The third kappa shape index (κ3) is 4.00. The van der Waals surface area contributed by atoms with Gasteiger partial charge in [-0.15, -0.1) is 11.8 Å². The van der Waals surface area contributed by atoms with E-state index in [4.69, 9.17) is 18.0 Å². The number of benzene rings is 2. The number of nitrogens with two attached hydrogens (primary N) is 1. The number of thiocarbonyl (C=S) groups is 1. The molecular weight excluding hydrogens is 432 g/mol. The summed E-state index contributed by atoms with van der Waals surface area (Å²) in [7, 11) is 0. The van der Waals surface area contributed by atoms with E-state index < -0.39 is 0 Å². The standard InChI is InChI=1S/C15H14Br2N2S2/c1-2-21-12-8-4-7-11(13(12)15(18)20)19-14-9(16)5-3-6-10(14)17/h3-8,19H,2H2,1H3,(H2,18,20). The molecule has 0 unspecified atom stereocenters. The van der Waals surface area contributed by atoms with Crippen molar-refractivity contribution in [1.82, 2.24) is 0 Å². The van der Waals surface area contributed by atoms with Gasteiger partial charge in [0.15, 0.2) is 0 Å². The van der Waals surface area contributed by atoms with Crippen LogP contribution in [0.15, 0.2) is 50.2 Å². The summed E-state index contributed by atoms with van der Waals surface area (Å²) >= 11 is 14.1. The molecule has 21 heavy (non-hydrogen) atoms. The first kappa shape index (κ1) is 16.8. The maximum atomic E-state index is 5.93. The van der Waals surface area contributed by atoms with E-state index in [2.05, 4.69) is 44.1 Å². The number of para-hydroxylation sites is 1. The van der Waals surface area contributed by atoms with Crippen molar-refractivity contribution in [3.05, 3.63) is 50.9 Å². The summed E-state index contributed by atoms with van der Waals surface area (Å²) in [5.41, 5.74) is 8.68. The molecule has 2 aromatic carbocycles. The van der Waals surface area contributed by atoms with E-state index in [1.807, 2.05) is 36.4 Å². The quantitative estimate of drug-likeness (QED) is 0.457. The van der Waals surface area contributed by atoms with Gasteiger partial charge >= 0.3 is 0 Å². The number of thioether (sulfide) groups is 1. The Bertz CT molecular complexity index is 654. The van der Waals surface area contributed by atoms with Crippen LogP contribution in [-0.2, 0) is 0 Å². The van der Waals surface area contributed by atoms with Crippen molar-refractivity contribution in [1.29, 1.82) is 0 Å². The highest BCUT2D eigenvalue weighted by Crippen LogP contribution is 2.36. The molecular formula is C15H14Br2N2S2. The van der Waals surface area contributed by atoms with Gasteiger partial charge in [-0.05, 0) is 61.9 Å². The predicted octanol–water partition coefficient (Wildman–Crippen LogP) is 5.70. The Balaban J connectivity index is 2.49. The van der Waals surface area contributed by atoms with Crippen LogP contribution in [0, 0.1) is 0 Å². The monoisotopic (exact) mass is 444 g/mol. The fourth-order valence-electron chi connectivity index (χ4n) is 1.92. The average molecular weight is 446 g/mol. The molecule has 0 atom stereocenters. The van der Waals surface area contributed by atoms with Crippen LogP contribution in [0.2, 0.25) is 0 Å². The third-order valence-corrected chi connectivity index (χ3v) is 5.26. The number of halogens is 2. The summed E-state index contributed by atoms with van der Waals surface area (Å²) < 4.78 is 1.94. The Morgan fingerprint density at radius 2 is 1.81 bits per heavy atom. The molecule has 0 amide bonds. The van der Waals surface area contributed by atoms with Crippen molar-refractivity contribution < 1.29 is 0 Å². The number of hydrogen-bond donors (Lipinski definition) is 2. The van der Waals surface area contributed by atoms with Crippen molar-refractivity contribution in [2.24, 2.45) is 5.73 Å². The zero-order chi connectivity index (χ0) is 15.4. The summed E-state index contributed by atoms with van der Waals surface area (Å²) in [4.78, 5) is 1.50. The topological polar surface area (TPSA) is 38.0 Å². The van der Waals surface area contributed by atoms with Crippen molar-refractivity contribution in [3.63, 3.8) is 0 Å². The molecule has 0 aromatic heterocycles. The summed E-state index contributed by atoms with van der Waals surface area (Å²) in [5.74, 6) is 0.970. The summed E-state index contributed by atoms with van der Waals surface area (Å²) in [6.07, 6.45) is 0. The SMILES string of the molecule is CCSc1cccc(Nc2c(Br)cccc2Br)c1C(N)=S. The van der Waals surface area contributed by atoms with Gasteiger partial charge < -0.3 is 11.1 Å². The molecule has 0 fully saturated rings. The van der Waals surface area contributed by atoms with Crippen molar-refractivity contribution in [2.75, 3.05) is 11.1 Å². The van der Waals surface area contributed by atoms with Gasteiger partial charge in [-0.2, -0.15) is 0 Å². The lowest BCUT2D eigenvalue weighted by Crippen LogP contribution is -2.13. The lowest BCUT2D eigenvalue weighted by atomic mass is 10.1. The Morgan fingerprint density at radius 1 is 1.19 bits per heavy atom. The van der Waals surface area contributed by atoms with Crippen LogP contribution >= 0.6 is 55.8 Å². The Morgan fingerprint density at radius 3 is 2.38 bits per heavy atom. The van der Waals surface area contributed by atoms with Crippen LogP contribution in [0.5, 0.6) is 0 Å². The maximum Gasteiger partial charge on any atom is 0.107 e. The highest BCUT2D eigenvalue weighted by Gasteiger charge is 2.13. The third-order valence-electron chi connectivity index (χ3n) is 2.79. The molecule has 0 spiro atoms. The molecule has 0 saturated carbocycles. The molecule has 2 nitrogen and oxygen atoms in total. The molecule has 0 saturated heterocycles. The minimum Gasteiger partial charge on any atom is -0.389 e. The Labute approximate surface area is 151 Å². The Hall–Kier alpha value is -0.560. The van der Waals surface area contributed by atoms with E-state index in [1.54, 1.807) is 11.8 Å². The lowest BCUT2D eigenvalue weighted by Gasteiger charge is -2.16. The van der Waals surface area contributed by atoms with Crippen LogP contribution in [0.4, 0.5) is 11.4 Å². The molecule has 0 aliphatic rings. The molecule has 110 valence electrons. The van der Waals surface area contributed by atoms with E-state index in [1.165, 1.54) is 0 Å².